The van der Waals surface area contributed by atoms with Crippen LogP contribution in [0.3, 0.4) is 0 Å². The Morgan fingerprint density at radius 1 is 0.917 bits per heavy atom. The highest BCUT2D eigenvalue weighted by atomic mass is 79.9. The minimum absolute atomic E-state index is 0.164. The van der Waals surface area contributed by atoms with Crippen molar-refractivity contribution in [2.45, 2.75) is 0 Å². The van der Waals surface area contributed by atoms with Gasteiger partial charge >= 0.3 is 0 Å². The first-order valence-electron chi connectivity index (χ1n) is 7.87. The van der Waals surface area contributed by atoms with Gasteiger partial charge in [0, 0.05) is 36.0 Å². The zero-order chi connectivity index (χ0) is 16.5. The fraction of sp³-hybridized carbons (Fsp3) is 0.222. The molecular weight excluding hydrogens is 371 g/mol. The van der Waals surface area contributed by atoms with Crippen LogP contribution in [0.15, 0.2) is 53.3 Å². The molecule has 1 aromatic heterocycles. The van der Waals surface area contributed by atoms with Gasteiger partial charge in [-0.2, -0.15) is 0 Å². The Morgan fingerprint density at radius 3 is 2.46 bits per heavy atom. The van der Waals surface area contributed by atoms with Crippen LogP contribution in [0, 0.1) is 5.82 Å². The number of aromatic nitrogens is 2. The van der Waals surface area contributed by atoms with Crippen molar-refractivity contribution < 1.29 is 4.39 Å². The van der Waals surface area contributed by atoms with Gasteiger partial charge < -0.3 is 9.80 Å². The third-order valence-corrected chi connectivity index (χ3v) is 4.84. The molecule has 4 nitrogen and oxygen atoms in total. The predicted octanol–water partition coefficient (Wildman–Crippen LogP) is 3.86. The lowest BCUT2D eigenvalue weighted by Gasteiger charge is -2.37. The van der Waals surface area contributed by atoms with Gasteiger partial charge in [-0.15, -0.1) is 0 Å². The SMILES string of the molecule is Fc1ccccc1N1CCN(c2ncnc3ccc(Br)cc23)CC1. The van der Waals surface area contributed by atoms with Crippen molar-refractivity contribution in [2.24, 2.45) is 0 Å². The predicted molar refractivity (Wildman–Crippen MR) is 98.1 cm³/mol. The number of fused-ring (bicyclic) bond motifs is 1. The molecule has 4 rings (SSSR count). The number of piperazine rings is 1. The fourth-order valence-electron chi connectivity index (χ4n) is 3.13. The van der Waals surface area contributed by atoms with Gasteiger partial charge in [-0.1, -0.05) is 28.1 Å². The molecular formula is C18H16BrFN4. The molecule has 0 saturated carbocycles. The summed E-state index contributed by atoms with van der Waals surface area (Å²) in [7, 11) is 0. The monoisotopic (exact) mass is 386 g/mol. The Balaban J connectivity index is 1.58. The van der Waals surface area contributed by atoms with E-state index >= 15 is 0 Å². The number of para-hydroxylation sites is 1. The van der Waals surface area contributed by atoms with Gasteiger partial charge in [-0.25, -0.2) is 14.4 Å². The van der Waals surface area contributed by atoms with Crippen molar-refractivity contribution in [3.05, 3.63) is 59.1 Å². The van der Waals surface area contributed by atoms with E-state index in [1.165, 1.54) is 6.07 Å². The van der Waals surface area contributed by atoms with E-state index in [4.69, 9.17) is 0 Å². The lowest BCUT2D eigenvalue weighted by molar-refractivity contribution is 0.596. The number of hydrogen-bond acceptors (Lipinski definition) is 4. The number of anilines is 2. The summed E-state index contributed by atoms with van der Waals surface area (Å²) < 4.78 is 15.0. The van der Waals surface area contributed by atoms with E-state index in [-0.39, 0.29) is 5.82 Å². The van der Waals surface area contributed by atoms with Crippen molar-refractivity contribution in [1.82, 2.24) is 9.97 Å². The molecule has 0 amide bonds. The van der Waals surface area contributed by atoms with E-state index in [0.717, 1.165) is 47.4 Å². The third-order valence-electron chi connectivity index (χ3n) is 4.35. The van der Waals surface area contributed by atoms with E-state index < -0.39 is 0 Å². The number of benzene rings is 2. The van der Waals surface area contributed by atoms with Crippen molar-refractivity contribution in [3.63, 3.8) is 0 Å². The Labute approximate surface area is 148 Å². The molecule has 6 heteroatoms. The van der Waals surface area contributed by atoms with E-state index in [2.05, 4.69) is 35.7 Å². The van der Waals surface area contributed by atoms with Crippen LogP contribution in [-0.2, 0) is 0 Å². The summed E-state index contributed by atoms with van der Waals surface area (Å²) in [4.78, 5) is 13.2. The minimum Gasteiger partial charge on any atom is -0.366 e. The van der Waals surface area contributed by atoms with E-state index in [1.54, 1.807) is 12.4 Å². The normalized spacial score (nSPS) is 15.1. The molecule has 1 saturated heterocycles. The molecule has 0 unspecified atom stereocenters. The molecule has 1 aliphatic heterocycles. The second-order valence-corrected chi connectivity index (χ2v) is 6.70. The largest absolute Gasteiger partial charge is 0.366 e. The van der Waals surface area contributed by atoms with Crippen LogP contribution in [0.1, 0.15) is 0 Å². The molecule has 0 aliphatic carbocycles. The molecule has 122 valence electrons. The van der Waals surface area contributed by atoms with E-state index in [0.29, 0.717) is 5.69 Å². The van der Waals surface area contributed by atoms with E-state index in [1.807, 2.05) is 30.3 Å². The average Bonchev–Trinajstić information content (AvgIpc) is 2.62. The van der Waals surface area contributed by atoms with Gasteiger partial charge in [0.25, 0.3) is 0 Å². The highest BCUT2D eigenvalue weighted by molar-refractivity contribution is 9.10. The van der Waals surface area contributed by atoms with Crippen LogP contribution in [0.4, 0.5) is 15.9 Å². The fourth-order valence-corrected chi connectivity index (χ4v) is 3.50. The third kappa shape index (κ3) is 2.82. The summed E-state index contributed by atoms with van der Waals surface area (Å²) in [6, 6.07) is 13.0. The molecule has 1 fully saturated rings. The second kappa shape index (κ2) is 6.36. The summed E-state index contributed by atoms with van der Waals surface area (Å²) in [5.74, 6) is 0.775. The topological polar surface area (TPSA) is 32.3 Å². The molecule has 0 atom stereocenters. The Bertz CT molecular complexity index is 878. The Morgan fingerprint density at radius 2 is 1.67 bits per heavy atom. The van der Waals surface area contributed by atoms with Gasteiger partial charge in [-0.3, -0.25) is 0 Å². The summed E-state index contributed by atoms with van der Waals surface area (Å²) in [6.07, 6.45) is 1.61. The van der Waals surface area contributed by atoms with Crippen LogP contribution < -0.4 is 9.80 Å². The van der Waals surface area contributed by atoms with Gasteiger partial charge in [0.05, 0.1) is 11.2 Å². The van der Waals surface area contributed by atoms with Crippen LogP contribution in [0.25, 0.3) is 10.9 Å². The van der Waals surface area contributed by atoms with Crippen LogP contribution in [0.2, 0.25) is 0 Å². The number of nitrogens with zero attached hydrogens (tertiary/aromatic N) is 4. The summed E-state index contributed by atoms with van der Waals surface area (Å²) >= 11 is 3.51. The average molecular weight is 387 g/mol. The highest BCUT2D eigenvalue weighted by Gasteiger charge is 2.21. The quantitative estimate of drug-likeness (QED) is 0.669. The van der Waals surface area contributed by atoms with Gasteiger partial charge in [0.1, 0.15) is 18.0 Å². The lowest BCUT2D eigenvalue weighted by Crippen LogP contribution is -2.47. The van der Waals surface area contributed by atoms with Crippen molar-refractivity contribution in [1.29, 1.82) is 0 Å². The second-order valence-electron chi connectivity index (χ2n) is 5.78. The van der Waals surface area contributed by atoms with Gasteiger partial charge in [-0.05, 0) is 30.3 Å². The standard InChI is InChI=1S/C18H16BrFN4/c19-13-5-6-16-14(11-13)18(22-12-21-16)24-9-7-23(8-10-24)17-4-2-1-3-15(17)20/h1-6,11-12H,7-10H2. The molecule has 3 aromatic rings. The van der Waals surface area contributed by atoms with Gasteiger partial charge in [0.15, 0.2) is 0 Å². The molecule has 2 heterocycles. The number of rotatable bonds is 2. The maximum atomic E-state index is 14.0. The Kier molecular flexibility index (Phi) is 4.06. The molecule has 0 radical (unpaired) electrons. The maximum absolute atomic E-state index is 14.0. The summed E-state index contributed by atoms with van der Waals surface area (Å²) in [5, 5.41) is 1.03. The Hall–Kier alpha value is -2.21. The van der Waals surface area contributed by atoms with Crippen LogP contribution in [0.5, 0.6) is 0 Å². The lowest BCUT2D eigenvalue weighted by atomic mass is 10.2. The maximum Gasteiger partial charge on any atom is 0.146 e. The van der Waals surface area contributed by atoms with Crippen molar-refractivity contribution in [2.75, 3.05) is 36.0 Å². The molecule has 0 N–H and O–H groups in total. The number of halogens is 2. The summed E-state index contributed by atoms with van der Waals surface area (Å²) in [5.41, 5.74) is 1.60. The molecule has 0 spiro atoms. The minimum atomic E-state index is -0.164. The van der Waals surface area contributed by atoms with Crippen molar-refractivity contribution in [3.8, 4) is 0 Å². The number of hydrogen-bond donors (Lipinski definition) is 0. The van der Waals surface area contributed by atoms with Crippen molar-refractivity contribution >= 4 is 38.3 Å². The zero-order valence-corrected chi connectivity index (χ0v) is 14.6. The summed E-state index contributed by atoms with van der Waals surface area (Å²) in [6.45, 7) is 3.13. The highest BCUT2D eigenvalue weighted by Crippen LogP contribution is 2.28. The van der Waals surface area contributed by atoms with Crippen LogP contribution >= 0.6 is 15.9 Å². The smallest absolute Gasteiger partial charge is 0.146 e. The molecule has 2 aromatic carbocycles. The molecule has 1 aliphatic rings. The van der Waals surface area contributed by atoms with Gasteiger partial charge in [0.2, 0.25) is 0 Å². The molecule has 0 bridgehead atoms. The first-order valence-corrected chi connectivity index (χ1v) is 8.66. The van der Waals surface area contributed by atoms with E-state index in [9.17, 15) is 4.39 Å². The first-order chi connectivity index (χ1) is 11.7. The van der Waals surface area contributed by atoms with Crippen LogP contribution in [-0.4, -0.2) is 36.1 Å². The first kappa shape index (κ1) is 15.3. The zero-order valence-electron chi connectivity index (χ0n) is 13.0. The molecule has 24 heavy (non-hydrogen) atoms.